The first-order chi connectivity index (χ1) is 5.74. The van der Waals surface area contributed by atoms with Gasteiger partial charge < -0.3 is 0 Å². The molecule has 1 nitrogen and oxygen atoms in total. The normalized spacial score (nSPS) is 9.83. The zero-order valence-corrected chi connectivity index (χ0v) is 7.58. The molecule has 1 rings (SSSR count). The van der Waals surface area contributed by atoms with Crippen LogP contribution < -0.4 is 0 Å². The Morgan fingerprint density at radius 1 is 1.58 bits per heavy atom. The molecule has 0 spiro atoms. The summed E-state index contributed by atoms with van der Waals surface area (Å²) in [6, 6.07) is 4.34. The summed E-state index contributed by atoms with van der Waals surface area (Å²) in [6.45, 7) is 0. The average Bonchev–Trinajstić information content (AvgIpc) is 2.03. The highest BCUT2D eigenvalue weighted by molar-refractivity contribution is 7.99. The Morgan fingerprint density at radius 3 is 2.92 bits per heavy atom. The van der Waals surface area contributed by atoms with E-state index in [1.807, 2.05) is 0 Å². The minimum Gasteiger partial charge on any atom is -0.290 e. The lowest BCUT2D eigenvalue weighted by Gasteiger charge is -1.98. The number of hydrogen-bond acceptors (Lipinski definition) is 2. The number of halogens is 2. The fourth-order valence-corrected chi connectivity index (χ4v) is 1.43. The fraction of sp³-hybridized carbons (Fsp3) is 0.125. The molecule has 1 aromatic rings. The number of thioether (sulfide) groups is 1. The minimum atomic E-state index is -0.400. The van der Waals surface area contributed by atoms with E-state index in [1.54, 1.807) is 18.4 Å². The van der Waals surface area contributed by atoms with Gasteiger partial charge in [0.1, 0.15) is 5.82 Å². The molecule has 0 fully saturated rings. The first kappa shape index (κ1) is 9.55. The number of benzene rings is 1. The summed E-state index contributed by atoms with van der Waals surface area (Å²) < 4.78 is 12.9. The smallest absolute Gasteiger partial charge is 0.209 e. The predicted molar refractivity (Wildman–Crippen MR) is 47.8 cm³/mol. The van der Waals surface area contributed by atoms with Gasteiger partial charge in [-0.25, -0.2) is 4.39 Å². The van der Waals surface area contributed by atoms with Crippen LogP contribution in [0.3, 0.4) is 0 Å². The molecule has 0 aliphatic heterocycles. The zero-order chi connectivity index (χ0) is 8.97. The molecule has 0 bridgehead atoms. The van der Waals surface area contributed by atoms with Gasteiger partial charge in [0.15, 0.2) is 0 Å². The monoisotopic (exact) mass is 203 g/mol. The Hall–Kier alpha value is -0.540. The molecule has 4 heteroatoms. The van der Waals surface area contributed by atoms with E-state index < -0.39 is 5.82 Å². The maximum Gasteiger partial charge on any atom is 0.209 e. The van der Waals surface area contributed by atoms with E-state index >= 15 is 0 Å². The van der Waals surface area contributed by atoms with E-state index in [0.29, 0.717) is 9.92 Å². The lowest BCUT2D eigenvalue weighted by Crippen LogP contribution is -1.83. The summed E-state index contributed by atoms with van der Waals surface area (Å²) in [5, 5.41) is 0.354. The van der Waals surface area contributed by atoms with Gasteiger partial charge in [0.25, 0.3) is 0 Å². The molecular weight excluding hydrogens is 199 g/mol. The largest absolute Gasteiger partial charge is 0.290 e. The zero-order valence-electron chi connectivity index (χ0n) is 6.01. The summed E-state index contributed by atoms with van der Waals surface area (Å²) >= 11 is 6.62. The van der Waals surface area contributed by atoms with E-state index in [1.165, 1.54) is 6.07 Å². The summed E-state index contributed by atoms with van der Waals surface area (Å²) in [5.74, 6) is -0.263. The predicted octanol–water partition coefficient (Wildman–Crippen LogP) is 2.68. The third kappa shape index (κ3) is 2.50. The van der Waals surface area contributed by atoms with Crippen molar-refractivity contribution in [3.63, 3.8) is 0 Å². The maximum atomic E-state index is 12.9. The highest BCUT2D eigenvalue weighted by Crippen LogP contribution is 2.23. The van der Waals surface area contributed by atoms with Crippen LogP contribution in [0.25, 0.3) is 0 Å². The van der Waals surface area contributed by atoms with E-state index in [-0.39, 0.29) is 5.75 Å². The van der Waals surface area contributed by atoms with Crippen molar-refractivity contribution in [3.8, 4) is 0 Å². The third-order valence-electron chi connectivity index (χ3n) is 1.18. The molecule has 12 heavy (non-hydrogen) atoms. The molecule has 0 unspecified atom stereocenters. The molecule has 0 heterocycles. The Labute approximate surface area is 78.9 Å². The van der Waals surface area contributed by atoms with Gasteiger partial charge in [-0.15, -0.1) is 11.8 Å². The highest BCUT2D eigenvalue weighted by Gasteiger charge is 2.02. The average molecular weight is 204 g/mol. The van der Waals surface area contributed by atoms with Crippen molar-refractivity contribution in [1.29, 1.82) is 0 Å². The minimum absolute atomic E-state index is 0.137. The lowest BCUT2D eigenvalue weighted by atomic mass is 10.3. The summed E-state index contributed by atoms with van der Waals surface area (Å²) in [7, 11) is 0. The van der Waals surface area contributed by atoms with Gasteiger partial charge >= 0.3 is 0 Å². The molecule has 0 aliphatic carbocycles. The van der Waals surface area contributed by atoms with Crippen molar-refractivity contribution in [2.45, 2.75) is 4.90 Å². The number of rotatable bonds is 3. The molecular formula is C8H5ClFOS. The quantitative estimate of drug-likeness (QED) is 0.703. The second-order valence-electron chi connectivity index (χ2n) is 2.01. The number of carbonyl (C=O) groups excluding carboxylic acids is 1. The van der Waals surface area contributed by atoms with E-state index in [0.717, 1.165) is 11.8 Å². The van der Waals surface area contributed by atoms with E-state index in [9.17, 15) is 9.18 Å². The van der Waals surface area contributed by atoms with Gasteiger partial charge in [0.2, 0.25) is 6.29 Å². The molecule has 63 valence electrons. The van der Waals surface area contributed by atoms with Gasteiger partial charge in [0.05, 0.1) is 5.75 Å². The van der Waals surface area contributed by atoms with Gasteiger partial charge in [0, 0.05) is 9.92 Å². The molecule has 0 aliphatic rings. The maximum absolute atomic E-state index is 12.9. The summed E-state index contributed by atoms with van der Waals surface area (Å²) in [4.78, 5) is 10.3. The van der Waals surface area contributed by atoms with Crippen LogP contribution in [0.15, 0.2) is 23.1 Å². The SMILES string of the molecule is O=[C]CSc1ccc(Cl)cc1F. The molecule has 0 amide bonds. The van der Waals surface area contributed by atoms with Crippen molar-refractivity contribution in [2.24, 2.45) is 0 Å². The summed E-state index contributed by atoms with van der Waals surface area (Å²) in [5.41, 5.74) is 0. The van der Waals surface area contributed by atoms with E-state index in [2.05, 4.69) is 0 Å². The fourth-order valence-electron chi connectivity index (χ4n) is 0.699. The molecule has 0 aromatic heterocycles. The van der Waals surface area contributed by atoms with Crippen LogP contribution in [-0.2, 0) is 4.79 Å². The van der Waals surface area contributed by atoms with Crippen molar-refractivity contribution in [1.82, 2.24) is 0 Å². The number of hydrogen-bond donors (Lipinski definition) is 0. The summed E-state index contributed by atoms with van der Waals surface area (Å²) in [6.07, 6.45) is 1.67. The van der Waals surface area contributed by atoms with Crippen molar-refractivity contribution in [2.75, 3.05) is 5.75 Å². The Balaban J connectivity index is 2.78. The molecule has 0 atom stereocenters. The second kappa shape index (κ2) is 4.48. The molecule has 1 radical (unpaired) electrons. The van der Waals surface area contributed by atoms with Crippen LogP contribution in [0.5, 0.6) is 0 Å². The molecule has 0 saturated carbocycles. The first-order valence-electron chi connectivity index (χ1n) is 3.17. The lowest BCUT2D eigenvalue weighted by molar-refractivity contribution is 0.560. The molecule has 0 saturated heterocycles. The highest BCUT2D eigenvalue weighted by atomic mass is 35.5. The van der Waals surface area contributed by atoms with Crippen molar-refractivity contribution in [3.05, 3.63) is 29.0 Å². The standard InChI is InChI=1S/C8H5ClFOS/c9-6-1-2-8(7(10)5-6)12-4-3-11/h1-2,5H,4H2. The van der Waals surface area contributed by atoms with Gasteiger partial charge in [-0.2, -0.15) is 0 Å². The Bertz CT molecular complexity index is 290. The molecule has 0 N–H and O–H groups in total. The Morgan fingerprint density at radius 2 is 2.33 bits per heavy atom. The van der Waals surface area contributed by atoms with Gasteiger partial charge in [-0.05, 0) is 18.2 Å². The van der Waals surface area contributed by atoms with Crippen LogP contribution in [0.4, 0.5) is 4.39 Å². The van der Waals surface area contributed by atoms with Crippen molar-refractivity contribution >= 4 is 29.6 Å². The van der Waals surface area contributed by atoms with Gasteiger partial charge in [-0.3, -0.25) is 4.79 Å². The van der Waals surface area contributed by atoms with Crippen LogP contribution in [0.1, 0.15) is 0 Å². The van der Waals surface area contributed by atoms with Crippen molar-refractivity contribution < 1.29 is 9.18 Å². The van der Waals surface area contributed by atoms with Gasteiger partial charge in [-0.1, -0.05) is 11.6 Å². The second-order valence-corrected chi connectivity index (χ2v) is 3.46. The van der Waals surface area contributed by atoms with Crippen LogP contribution in [0, 0.1) is 5.82 Å². The van der Waals surface area contributed by atoms with E-state index in [4.69, 9.17) is 11.6 Å². The van der Waals surface area contributed by atoms with Crippen LogP contribution in [-0.4, -0.2) is 12.0 Å². The van der Waals surface area contributed by atoms with Crippen LogP contribution in [0.2, 0.25) is 5.02 Å². The molecule has 1 aromatic carbocycles. The third-order valence-corrected chi connectivity index (χ3v) is 2.32. The Kier molecular flexibility index (Phi) is 3.56. The van der Waals surface area contributed by atoms with Crippen LogP contribution >= 0.6 is 23.4 Å². The first-order valence-corrected chi connectivity index (χ1v) is 4.53. The topological polar surface area (TPSA) is 17.1 Å².